The van der Waals surface area contributed by atoms with E-state index in [4.69, 9.17) is 5.73 Å². The summed E-state index contributed by atoms with van der Waals surface area (Å²) < 4.78 is 1.81. The number of benzene rings is 1. The molecule has 23 heavy (non-hydrogen) atoms. The fourth-order valence-corrected chi connectivity index (χ4v) is 2.37. The van der Waals surface area contributed by atoms with E-state index in [2.05, 4.69) is 20.3 Å². The van der Waals surface area contributed by atoms with Crippen LogP contribution < -0.4 is 5.73 Å². The van der Waals surface area contributed by atoms with E-state index in [0.29, 0.717) is 5.82 Å². The Bertz CT molecular complexity index is 802. The predicted molar refractivity (Wildman–Crippen MR) is 86.3 cm³/mol. The van der Waals surface area contributed by atoms with Crippen LogP contribution in [0.2, 0.25) is 0 Å². The van der Waals surface area contributed by atoms with Crippen LogP contribution >= 0.6 is 0 Å². The lowest BCUT2D eigenvalue weighted by molar-refractivity contribution is -0.117. The number of nitrogens with one attached hydrogen (secondary N) is 1. The number of nitrogens with two attached hydrogens (primary N) is 1. The summed E-state index contributed by atoms with van der Waals surface area (Å²) >= 11 is 0. The first-order valence-electron chi connectivity index (χ1n) is 7.38. The zero-order valence-electron chi connectivity index (χ0n) is 13.0. The summed E-state index contributed by atoms with van der Waals surface area (Å²) in [5.41, 5.74) is 8.17. The standard InChI is InChI=1S/C16H18N6O/c1-10(2)22-16(19-15(21-22)9-14(17)23)12-5-3-11(4-6-12)13-7-8-18-20-13/h3-8,10H,9H2,1-2H3,(H2,17,23)(H,18,20). The number of H-pyrrole nitrogens is 1. The molecule has 0 saturated heterocycles. The van der Waals surface area contributed by atoms with Gasteiger partial charge in [0, 0.05) is 17.8 Å². The SMILES string of the molecule is CC(C)n1nc(CC(N)=O)nc1-c1ccc(-c2ccn[nH]2)cc1. The number of hydrogen-bond acceptors (Lipinski definition) is 4. The lowest BCUT2D eigenvalue weighted by Gasteiger charge is -2.09. The summed E-state index contributed by atoms with van der Waals surface area (Å²) in [6, 6.07) is 9.99. The van der Waals surface area contributed by atoms with Gasteiger partial charge in [-0.3, -0.25) is 9.89 Å². The van der Waals surface area contributed by atoms with Crippen LogP contribution in [0.15, 0.2) is 36.5 Å². The Morgan fingerprint density at radius 2 is 1.91 bits per heavy atom. The van der Waals surface area contributed by atoms with Crippen molar-refractivity contribution in [2.75, 3.05) is 0 Å². The summed E-state index contributed by atoms with van der Waals surface area (Å²) in [4.78, 5) is 15.6. The number of hydrogen-bond donors (Lipinski definition) is 2. The summed E-state index contributed by atoms with van der Waals surface area (Å²) in [6.07, 6.45) is 1.76. The fraction of sp³-hybridized carbons (Fsp3) is 0.250. The van der Waals surface area contributed by atoms with Crippen LogP contribution in [-0.4, -0.2) is 30.9 Å². The molecule has 0 radical (unpaired) electrons. The molecule has 0 aliphatic rings. The van der Waals surface area contributed by atoms with Gasteiger partial charge in [0.15, 0.2) is 11.6 Å². The average Bonchev–Trinajstić information content (AvgIpc) is 3.16. The van der Waals surface area contributed by atoms with E-state index in [1.807, 2.05) is 48.9 Å². The van der Waals surface area contributed by atoms with Gasteiger partial charge < -0.3 is 5.73 Å². The first kappa shape index (κ1) is 15.0. The molecule has 0 atom stereocenters. The van der Waals surface area contributed by atoms with E-state index in [1.165, 1.54) is 0 Å². The summed E-state index contributed by atoms with van der Waals surface area (Å²) in [7, 11) is 0. The molecule has 0 spiro atoms. The quantitative estimate of drug-likeness (QED) is 0.751. The molecule has 2 aromatic heterocycles. The molecule has 1 aromatic carbocycles. The first-order valence-corrected chi connectivity index (χ1v) is 7.38. The Labute approximate surface area is 133 Å². The maximum atomic E-state index is 11.1. The van der Waals surface area contributed by atoms with Crippen molar-refractivity contribution in [3.8, 4) is 22.6 Å². The van der Waals surface area contributed by atoms with E-state index in [0.717, 1.165) is 22.6 Å². The molecule has 0 unspecified atom stereocenters. The van der Waals surface area contributed by atoms with Gasteiger partial charge in [-0.25, -0.2) is 9.67 Å². The van der Waals surface area contributed by atoms with E-state index < -0.39 is 5.91 Å². The van der Waals surface area contributed by atoms with Crippen LogP contribution in [0.4, 0.5) is 0 Å². The second-order valence-corrected chi connectivity index (χ2v) is 5.58. The monoisotopic (exact) mass is 310 g/mol. The van der Waals surface area contributed by atoms with Crippen molar-refractivity contribution in [1.29, 1.82) is 0 Å². The van der Waals surface area contributed by atoms with Gasteiger partial charge in [0.2, 0.25) is 5.91 Å². The molecule has 0 aliphatic carbocycles. The highest BCUT2D eigenvalue weighted by atomic mass is 16.1. The van der Waals surface area contributed by atoms with E-state index in [-0.39, 0.29) is 12.5 Å². The average molecular weight is 310 g/mol. The molecular formula is C16H18N6O. The van der Waals surface area contributed by atoms with Gasteiger partial charge >= 0.3 is 0 Å². The third-order valence-corrected chi connectivity index (χ3v) is 3.45. The lowest BCUT2D eigenvalue weighted by atomic mass is 10.1. The molecule has 118 valence electrons. The number of carbonyl (C=O) groups is 1. The van der Waals surface area contributed by atoms with Crippen molar-refractivity contribution in [3.63, 3.8) is 0 Å². The number of nitrogens with zero attached hydrogens (tertiary/aromatic N) is 4. The zero-order valence-corrected chi connectivity index (χ0v) is 13.0. The zero-order chi connectivity index (χ0) is 16.4. The second-order valence-electron chi connectivity index (χ2n) is 5.58. The van der Waals surface area contributed by atoms with Gasteiger partial charge in [-0.1, -0.05) is 24.3 Å². The molecule has 7 nitrogen and oxygen atoms in total. The van der Waals surface area contributed by atoms with Crippen LogP contribution in [0.25, 0.3) is 22.6 Å². The number of carbonyl (C=O) groups excluding carboxylic acids is 1. The number of aromatic nitrogens is 5. The molecule has 1 amide bonds. The van der Waals surface area contributed by atoms with Crippen molar-refractivity contribution >= 4 is 5.91 Å². The van der Waals surface area contributed by atoms with Crippen LogP contribution in [0.5, 0.6) is 0 Å². The van der Waals surface area contributed by atoms with Gasteiger partial charge in [0.1, 0.15) is 0 Å². The lowest BCUT2D eigenvalue weighted by Crippen LogP contribution is -2.15. The maximum absolute atomic E-state index is 11.1. The van der Waals surface area contributed by atoms with Crippen molar-refractivity contribution in [1.82, 2.24) is 25.0 Å². The van der Waals surface area contributed by atoms with Gasteiger partial charge in [0.05, 0.1) is 12.1 Å². The van der Waals surface area contributed by atoms with Crippen molar-refractivity contribution in [2.24, 2.45) is 5.73 Å². The molecule has 0 aliphatic heterocycles. The largest absolute Gasteiger partial charge is 0.369 e. The molecular weight excluding hydrogens is 292 g/mol. The Balaban J connectivity index is 1.97. The fourth-order valence-electron chi connectivity index (χ4n) is 2.37. The molecule has 7 heteroatoms. The minimum absolute atomic E-state index is 0.0406. The molecule has 0 saturated carbocycles. The highest BCUT2D eigenvalue weighted by molar-refractivity contribution is 5.75. The number of primary amides is 1. The summed E-state index contributed by atoms with van der Waals surface area (Å²) in [6.45, 7) is 4.04. The molecule has 0 fully saturated rings. The van der Waals surface area contributed by atoms with Crippen LogP contribution in [0, 0.1) is 0 Å². The van der Waals surface area contributed by atoms with E-state index >= 15 is 0 Å². The first-order chi connectivity index (χ1) is 11.0. The molecule has 3 rings (SSSR count). The molecule has 2 heterocycles. The second kappa shape index (κ2) is 6.04. The van der Waals surface area contributed by atoms with Gasteiger partial charge in [-0.15, -0.1) is 0 Å². The van der Waals surface area contributed by atoms with E-state index in [1.54, 1.807) is 6.20 Å². The smallest absolute Gasteiger partial charge is 0.225 e. The minimum atomic E-state index is -0.438. The topological polar surface area (TPSA) is 102 Å². The van der Waals surface area contributed by atoms with Crippen LogP contribution in [-0.2, 0) is 11.2 Å². The molecule has 3 N–H and O–H groups in total. The Kier molecular flexibility index (Phi) is 3.92. The van der Waals surface area contributed by atoms with Gasteiger partial charge in [-0.2, -0.15) is 10.2 Å². The Hall–Kier alpha value is -2.96. The van der Waals surface area contributed by atoms with Crippen molar-refractivity contribution in [3.05, 3.63) is 42.4 Å². The van der Waals surface area contributed by atoms with Crippen molar-refractivity contribution in [2.45, 2.75) is 26.3 Å². The van der Waals surface area contributed by atoms with Crippen LogP contribution in [0.1, 0.15) is 25.7 Å². The maximum Gasteiger partial charge on any atom is 0.225 e. The summed E-state index contributed by atoms with van der Waals surface area (Å²) in [5.74, 6) is 0.735. The number of rotatable bonds is 5. The van der Waals surface area contributed by atoms with Crippen molar-refractivity contribution < 1.29 is 4.79 Å². The highest BCUT2D eigenvalue weighted by Crippen LogP contribution is 2.24. The number of aromatic amines is 1. The third-order valence-electron chi connectivity index (χ3n) is 3.45. The summed E-state index contributed by atoms with van der Waals surface area (Å²) in [5, 5.41) is 11.3. The van der Waals surface area contributed by atoms with E-state index in [9.17, 15) is 4.79 Å². The van der Waals surface area contributed by atoms with Gasteiger partial charge in [-0.05, 0) is 25.5 Å². The predicted octanol–water partition coefficient (Wildman–Crippen LogP) is 1.94. The molecule has 3 aromatic rings. The Morgan fingerprint density at radius 3 is 2.48 bits per heavy atom. The van der Waals surface area contributed by atoms with Crippen LogP contribution in [0.3, 0.4) is 0 Å². The Morgan fingerprint density at radius 1 is 1.22 bits per heavy atom. The third kappa shape index (κ3) is 3.13. The minimum Gasteiger partial charge on any atom is -0.369 e. The number of amides is 1. The highest BCUT2D eigenvalue weighted by Gasteiger charge is 2.15. The molecule has 0 bridgehead atoms. The normalized spacial score (nSPS) is 11.1. The van der Waals surface area contributed by atoms with Gasteiger partial charge in [0.25, 0.3) is 0 Å².